The second-order valence-corrected chi connectivity index (χ2v) is 3.87. The third kappa shape index (κ3) is 2.57. The van der Waals surface area contributed by atoms with Crippen LogP contribution >= 0.6 is 11.6 Å². The zero-order valence-corrected chi connectivity index (χ0v) is 9.78. The SMILES string of the molecule is O=C(O)c1cc(Nc2cccc(Cl)c2F)ccn1. The minimum atomic E-state index is -1.15. The summed E-state index contributed by atoms with van der Waals surface area (Å²) in [7, 11) is 0. The Morgan fingerprint density at radius 1 is 1.39 bits per heavy atom. The molecule has 1 aromatic heterocycles. The summed E-state index contributed by atoms with van der Waals surface area (Å²) in [4.78, 5) is 14.4. The van der Waals surface area contributed by atoms with Crippen molar-refractivity contribution < 1.29 is 14.3 Å². The second kappa shape index (κ2) is 5.01. The predicted octanol–water partition coefficient (Wildman–Crippen LogP) is 3.32. The third-order valence-electron chi connectivity index (χ3n) is 2.21. The van der Waals surface area contributed by atoms with Crippen LogP contribution in [0.4, 0.5) is 15.8 Å². The molecule has 4 nitrogen and oxygen atoms in total. The Morgan fingerprint density at radius 2 is 2.17 bits per heavy atom. The number of aromatic carboxylic acids is 1. The predicted molar refractivity (Wildman–Crippen MR) is 65.9 cm³/mol. The molecule has 1 heterocycles. The lowest BCUT2D eigenvalue weighted by atomic mass is 10.2. The summed E-state index contributed by atoms with van der Waals surface area (Å²) in [5.41, 5.74) is 0.469. The van der Waals surface area contributed by atoms with E-state index in [1.54, 1.807) is 6.07 Å². The highest BCUT2D eigenvalue weighted by atomic mass is 35.5. The molecule has 6 heteroatoms. The minimum absolute atomic E-state index is 0.00693. The van der Waals surface area contributed by atoms with E-state index in [2.05, 4.69) is 10.3 Å². The first-order valence-electron chi connectivity index (χ1n) is 4.98. The molecule has 0 aliphatic carbocycles. The van der Waals surface area contributed by atoms with E-state index >= 15 is 0 Å². The standard InChI is InChI=1S/C12H8ClFN2O2/c13-8-2-1-3-9(11(8)14)16-7-4-5-15-10(6-7)12(17)18/h1-6H,(H,15,16)(H,17,18). The van der Waals surface area contributed by atoms with Crippen molar-refractivity contribution in [1.29, 1.82) is 0 Å². The topological polar surface area (TPSA) is 62.2 Å². The maximum absolute atomic E-state index is 13.6. The number of carbonyl (C=O) groups is 1. The van der Waals surface area contributed by atoms with Gasteiger partial charge in [-0.25, -0.2) is 14.2 Å². The lowest BCUT2D eigenvalue weighted by molar-refractivity contribution is 0.0690. The summed E-state index contributed by atoms with van der Waals surface area (Å²) >= 11 is 5.64. The van der Waals surface area contributed by atoms with Gasteiger partial charge in [0.25, 0.3) is 0 Å². The Labute approximate surface area is 107 Å². The summed E-state index contributed by atoms with van der Waals surface area (Å²) in [6.45, 7) is 0. The number of carboxylic acids is 1. The number of hydrogen-bond acceptors (Lipinski definition) is 3. The molecular formula is C12H8ClFN2O2. The van der Waals surface area contributed by atoms with Crippen LogP contribution in [0, 0.1) is 5.82 Å². The van der Waals surface area contributed by atoms with Crippen molar-refractivity contribution in [1.82, 2.24) is 4.98 Å². The van der Waals surface area contributed by atoms with Gasteiger partial charge in [-0.15, -0.1) is 0 Å². The molecule has 0 aliphatic rings. The molecular weight excluding hydrogens is 259 g/mol. The maximum Gasteiger partial charge on any atom is 0.354 e. The average molecular weight is 267 g/mol. The number of anilines is 2. The van der Waals surface area contributed by atoms with Crippen LogP contribution in [0.25, 0.3) is 0 Å². The number of halogens is 2. The third-order valence-corrected chi connectivity index (χ3v) is 2.50. The van der Waals surface area contributed by atoms with Crippen LogP contribution in [-0.4, -0.2) is 16.1 Å². The van der Waals surface area contributed by atoms with Crippen LogP contribution in [0.5, 0.6) is 0 Å². The van der Waals surface area contributed by atoms with Gasteiger partial charge < -0.3 is 10.4 Å². The van der Waals surface area contributed by atoms with E-state index < -0.39 is 11.8 Å². The number of pyridine rings is 1. The van der Waals surface area contributed by atoms with E-state index in [1.807, 2.05) is 0 Å². The summed E-state index contributed by atoms with van der Waals surface area (Å²) < 4.78 is 13.6. The lowest BCUT2D eigenvalue weighted by Crippen LogP contribution is -2.01. The highest BCUT2D eigenvalue weighted by Crippen LogP contribution is 2.25. The van der Waals surface area contributed by atoms with Crippen molar-refractivity contribution in [3.8, 4) is 0 Å². The fourth-order valence-corrected chi connectivity index (χ4v) is 1.56. The zero-order valence-electron chi connectivity index (χ0n) is 9.02. The van der Waals surface area contributed by atoms with Crippen LogP contribution in [0.15, 0.2) is 36.5 Å². The molecule has 0 bridgehead atoms. The van der Waals surface area contributed by atoms with Gasteiger partial charge in [0.1, 0.15) is 5.69 Å². The molecule has 0 fully saturated rings. The molecule has 0 spiro atoms. The molecule has 2 N–H and O–H groups in total. The van der Waals surface area contributed by atoms with Gasteiger partial charge in [-0.2, -0.15) is 0 Å². The number of benzene rings is 1. The number of aromatic nitrogens is 1. The fourth-order valence-electron chi connectivity index (χ4n) is 1.38. The maximum atomic E-state index is 13.6. The van der Waals surface area contributed by atoms with Crippen molar-refractivity contribution in [2.45, 2.75) is 0 Å². The Hall–Kier alpha value is -2.14. The summed E-state index contributed by atoms with van der Waals surface area (Å²) in [5, 5.41) is 11.5. The summed E-state index contributed by atoms with van der Waals surface area (Å²) in [5.74, 6) is -1.74. The van der Waals surface area contributed by atoms with Crippen molar-refractivity contribution >= 4 is 28.9 Å². The quantitative estimate of drug-likeness (QED) is 0.895. The van der Waals surface area contributed by atoms with Crippen LogP contribution in [0.3, 0.4) is 0 Å². The molecule has 0 saturated heterocycles. The smallest absolute Gasteiger partial charge is 0.354 e. The number of nitrogens with one attached hydrogen (secondary N) is 1. The van der Waals surface area contributed by atoms with Crippen molar-refractivity contribution in [2.24, 2.45) is 0 Å². The van der Waals surface area contributed by atoms with E-state index in [9.17, 15) is 9.18 Å². The number of nitrogens with zero attached hydrogens (tertiary/aromatic N) is 1. The normalized spacial score (nSPS) is 10.1. The molecule has 0 radical (unpaired) electrons. The van der Waals surface area contributed by atoms with E-state index in [4.69, 9.17) is 16.7 Å². The number of rotatable bonds is 3. The molecule has 2 rings (SSSR count). The van der Waals surface area contributed by atoms with Crippen molar-refractivity contribution in [2.75, 3.05) is 5.32 Å². The second-order valence-electron chi connectivity index (χ2n) is 3.46. The molecule has 2 aromatic rings. The van der Waals surface area contributed by atoms with Gasteiger partial charge in [0.05, 0.1) is 10.7 Å². The van der Waals surface area contributed by atoms with Crippen LogP contribution in [-0.2, 0) is 0 Å². The highest BCUT2D eigenvalue weighted by Gasteiger charge is 2.08. The first kappa shape index (κ1) is 12.3. The molecule has 92 valence electrons. The first-order chi connectivity index (χ1) is 8.58. The van der Waals surface area contributed by atoms with E-state index in [0.29, 0.717) is 5.69 Å². The Kier molecular flexibility index (Phi) is 3.43. The summed E-state index contributed by atoms with van der Waals surface area (Å²) in [6.07, 6.45) is 1.33. The van der Waals surface area contributed by atoms with E-state index in [1.165, 1.54) is 30.5 Å². The minimum Gasteiger partial charge on any atom is -0.477 e. The van der Waals surface area contributed by atoms with Crippen LogP contribution in [0.1, 0.15) is 10.5 Å². The Balaban J connectivity index is 2.31. The van der Waals surface area contributed by atoms with Crippen molar-refractivity contribution in [3.05, 3.63) is 53.1 Å². The number of hydrogen-bond donors (Lipinski definition) is 2. The molecule has 0 unspecified atom stereocenters. The van der Waals surface area contributed by atoms with Gasteiger partial charge in [0, 0.05) is 11.9 Å². The molecule has 0 amide bonds. The zero-order chi connectivity index (χ0) is 13.1. The lowest BCUT2D eigenvalue weighted by Gasteiger charge is -2.08. The van der Waals surface area contributed by atoms with E-state index in [-0.39, 0.29) is 16.4 Å². The van der Waals surface area contributed by atoms with Crippen LogP contribution in [0.2, 0.25) is 5.02 Å². The van der Waals surface area contributed by atoms with Crippen molar-refractivity contribution in [3.63, 3.8) is 0 Å². The Bertz CT molecular complexity index is 604. The highest BCUT2D eigenvalue weighted by molar-refractivity contribution is 6.31. The molecule has 0 saturated carbocycles. The largest absolute Gasteiger partial charge is 0.477 e. The first-order valence-corrected chi connectivity index (χ1v) is 5.36. The van der Waals surface area contributed by atoms with Gasteiger partial charge in [-0.05, 0) is 24.3 Å². The van der Waals surface area contributed by atoms with Gasteiger partial charge in [-0.3, -0.25) is 0 Å². The monoisotopic (exact) mass is 266 g/mol. The fraction of sp³-hybridized carbons (Fsp3) is 0. The molecule has 0 atom stereocenters. The average Bonchev–Trinajstić information content (AvgIpc) is 2.35. The van der Waals surface area contributed by atoms with Gasteiger partial charge in [0.2, 0.25) is 0 Å². The molecule has 1 aromatic carbocycles. The Morgan fingerprint density at radius 3 is 2.89 bits per heavy atom. The van der Waals surface area contributed by atoms with Gasteiger partial charge >= 0.3 is 5.97 Å². The molecule has 0 aliphatic heterocycles. The van der Waals surface area contributed by atoms with E-state index in [0.717, 1.165) is 0 Å². The molecule has 18 heavy (non-hydrogen) atoms. The summed E-state index contributed by atoms with van der Waals surface area (Å²) in [6, 6.07) is 7.36. The van der Waals surface area contributed by atoms with Crippen LogP contribution < -0.4 is 5.32 Å². The van der Waals surface area contributed by atoms with Gasteiger partial charge in [0.15, 0.2) is 5.82 Å². The van der Waals surface area contributed by atoms with Gasteiger partial charge in [-0.1, -0.05) is 17.7 Å². The number of carboxylic acid groups (broad SMARTS) is 1.